The van der Waals surface area contributed by atoms with Crippen LogP contribution in [0.3, 0.4) is 0 Å². The summed E-state index contributed by atoms with van der Waals surface area (Å²) in [5.74, 6) is 0. The van der Waals surface area contributed by atoms with Gasteiger partial charge in [0.2, 0.25) is 0 Å². The smallest absolute Gasteiger partial charge is 0.0467 e. The van der Waals surface area contributed by atoms with Crippen molar-refractivity contribution in [2.75, 3.05) is 4.90 Å². The highest BCUT2D eigenvalue weighted by Crippen LogP contribution is 2.41. The van der Waals surface area contributed by atoms with Crippen molar-refractivity contribution < 1.29 is 0 Å². The number of rotatable bonds is 7. The largest absolute Gasteiger partial charge is 0.310 e. The minimum atomic E-state index is 1.10. The highest BCUT2D eigenvalue weighted by molar-refractivity contribution is 5.97. The predicted molar refractivity (Wildman–Crippen MR) is 218 cm³/mol. The summed E-state index contributed by atoms with van der Waals surface area (Å²) in [5, 5.41) is 4.98. The summed E-state index contributed by atoms with van der Waals surface area (Å²) >= 11 is 0. The molecule has 0 saturated heterocycles. The zero-order valence-electron chi connectivity index (χ0n) is 28.2. The highest BCUT2D eigenvalue weighted by atomic mass is 15.1. The molecule has 0 saturated carbocycles. The van der Waals surface area contributed by atoms with Crippen molar-refractivity contribution in [3.8, 4) is 44.5 Å². The fourth-order valence-electron chi connectivity index (χ4n) is 7.24. The number of anilines is 3. The molecule has 1 heteroatoms. The van der Waals surface area contributed by atoms with E-state index in [9.17, 15) is 0 Å². The maximum Gasteiger partial charge on any atom is 0.0467 e. The lowest BCUT2D eigenvalue weighted by molar-refractivity contribution is 1.28. The van der Waals surface area contributed by atoms with Crippen molar-refractivity contribution in [1.29, 1.82) is 0 Å². The van der Waals surface area contributed by atoms with E-state index < -0.39 is 0 Å². The average Bonchev–Trinajstić information content (AvgIpc) is 3.21. The summed E-state index contributed by atoms with van der Waals surface area (Å²) in [6, 6.07) is 76.7. The first-order valence-corrected chi connectivity index (χ1v) is 17.5. The Balaban J connectivity index is 1.17. The molecular weight excluding hydrogens is 615 g/mol. The van der Waals surface area contributed by atoms with E-state index in [-0.39, 0.29) is 0 Å². The second-order valence-electron chi connectivity index (χ2n) is 13.0. The van der Waals surface area contributed by atoms with Gasteiger partial charge in [0.1, 0.15) is 0 Å². The first-order chi connectivity index (χ1) is 25.3. The minimum Gasteiger partial charge on any atom is -0.310 e. The Kier molecular flexibility index (Phi) is 7.92. The van der Waals surface area contributed by atoms with Gasteiger partial charge in [0.25, 0.3) is 0 Å². The van der Waals surface area contributed by atoms with Gasteiger partial charge >= 0.3 is 0 Å². The zero-order valence-corrected chi connectivity index (χ0v) is 28.2. The van der Waals surface area contributed by atoms with Crippen LogP contribution in [0.1, 0.15) is 0 Å². The monoisotopic (exact) mass is 649 g/mol. The summed E-state index contributed by atoms with van der Waals surface area (Å²) in [7, 11) is 0. The summed E-state index contributed by atoms with van der Waals surface area (Å²) < 4.78 is 0. The molecule has 0 aromatic heterocycles. The van der Waals surface area contributed by atoms with Crippen molar-refractivity contribution >= 4 is 38.6 Å². The van der Waals surface area contributed by atoms with Gasteiger partial charge in [-0.25, -0.2) is 0 Å². The summed E-state index contributed by atoms with van der Waals surface area (Å²) in [6.07, 6.45) is 0. The molecule has 0 unspecified atom stereocenters. The molecule has 0 N–H and O–H groups in total. The second-order valence-corrected chi connectivity index (χ2v) is 13.0. The lowest BCUT2D eigenvalue weighted by atomic mass is 9.97. The van der Waals surface area contributed by atoms with E-state index in [1.54, 1.807) is 0 Å². The molecule has 0 heterocycles. The third-order valence-corrected chi connectivity index (χ3v) is 9.82. The SMILES string of the molecule is c1ccc(-c2ccc(-c3cccc(N(c4cccc(-c5ccc6ccccc6c5)c4)c4cccc(-c5cccc6ccccc56)c4)c3)cc2)cc1. The third kappa shape index (κ3) is 6.07. The van der Waals surface area contributed by atoms with Crippen molar-refractivity contribution in [3.05, 3.63) is 212 Å². The predicted octanol–water partition coefficient (Wildman–Crippen LogP) is 14.1. The Morgan fingerprint density at radius 3 is 1.37 bits per heavy atom. The standard InChI is InChI=1S/C50H35N/c1-2-12-36(13-3-1)38-26-28-39(29-27-38)42-18-8-21-46(33-42)51(47-22-9-19-43(34-47)44-31-30-37-14-4-5-16-41(37)32-44)48-23-10-20-45(35-48)50-25-11-17-40-15-6-7-24-49(40)50/h1-35H. The van der Waals surface area contributed by atoms with Gasteiger partial charge in [-0.05, 0) is 109 Å². The maximum absolute atomic E-state index is 2.39. The molecule has 0 spiro atoms. The van der Waals surface area contributed by atoms with Gasteiger partial charge in [-0.3, -0.25) is 0 Å². The summed E-state index contributed by atoms with van der Waals surface area (Å²) in [5.41, 5.74) is 12.9. The van der Waals surface area contributed by atoms with E-state index in [1.807, 2.05) is 0 Å². The normalized spacial score (nSPS) is 11.1. The van der Waals surface area contributed by atoms with Crippen LogP contribution in [-0.2, 0) is 0 Å². The van der Waals surface area contributed by atoms with Crippen LogP contribution >= 0.6 is 0 Å². The molecule has 51 heavy (non-hydrogen) atoms. The minimum absolute atomic E-state index is 1.10. The first kappa shape index (κ1) is 30.4. The van der Waals surface area contributed by atoms with Crippen molar-refractivity contribution in [1.82, 2.24) is 0 Å². The van der Waals surface area contributed by atoms with E-state index in [1.165, 1.54) is 66.1 Å². The Labute approximate surface area is 299 Å². The van der Waals surface area contributed by atoms with Crippen molar-refractivity contribution in [3.63, 3.8) is 0 Å². The van der Waals surface area contributed by atoms with Gasteiger partial charge in [-0.2, -0.15) is 0 Å². The molecule has 0 bridgehead atoms. The van der Waals surface area contributed by atoms with E-state index in [2.05, 4.69) is 217 Å². The van der Waals surface area contributed by atoms with Gasteiger partial charge in [-0.1, -0.05) is 170 Å². The number of fused-ring (bicyclic) bond motifs is 2. The van der Waals surface area contributed by atoms with Gasteiger partial charge in [0.05, 0.1) is 0 Å². The average molecular weight is 650 g/mol. The van der Waals surface area contributed by atoms with E-state index >= 15 is 0 Å². The van der Waals surface area contributed by atoms with E-state index in [0.29, 0.717) is 0 Å². The summed E-state index contributed by atoms with van der Waals surface area (Å²) in [4.78, 5) is 2.39. The molecule has 9 aromatic carbocycles. The topological polar surface area (TPSA) is 3.24 Å². The van der Waals surface area contributed by atoms with Crippen LogP contribution in [0.15, 0.2) is 212 Å². The molecule has 240 valence electrons. The van der Waals surface area contributed by atoms with Crippen LogP contribution in [0, 0.1) is 0 Å². The Hall–Kier alpha value is -6.70. The molecule has 0 amide bonds. The van der Waals surface area contributed by atoms with Gasteiger partial charge in [0.15, 0.2) is 0 Å². The second kappa shape index (κ2) is 13.3. The molecule has 0 radical (unpaired) electrons. The number of hydrogen-bond donors (Lipinski definition) is 0. The quantitative estimate of drug-likeness (QED) is 0.166. The molecule has 1 nitrogen and oxygen atoms in total. The number of nitrogens with zero attached hydrogens (tertiary/aromatic N) is 1. The maximum atomic E-state index is 2.39. The fourth-order valence-corrected chi connectivity index (χ4v) is 7.24. The molecule has 0 atom stereocenters. The van der Waals surface area contributed by atoms with Crippen LogP contribution in [0.4, 0.5) is 17.1 Å². The van der Waals surface area contributed by atoms with Crippen molar-refractivity contribution in [2.24, 2.45) is 0 Å². The first-order valence-electron chi connectivity index (χ1n) is 17.5. The van der Waals surface area contributed by atoms with Gasteiger partial charge in [0, 0.05) is 17.1 Å². The Bertz CT molecular complexity index is 2630. The van der Waals surface area contributed by atoms with Crippen LogP contribution < -0.4 is 4.90 Å². The molecule has 9 aromatic rings. The lowest BCUT2D eigenvalue weighted by Gasteiger charge is -2.27. The van der Waals surface area contributed by atoms with Crippen molar-refractivity contribution in [2.45, 2.75) is 0 Å². The Morgan fingerprint density at radius 2 is 0.667 bits per heavy atom. The van der Waals surface area contributed by atoms with Crippen LogP contribution in [0.5, 0.6) is 0 Å². The van der Waals surface area contributed by atoms with E-state index in [0.717, 1.165) is 17.1 Å². The van der Waals surface area contributed by atoms with Gasteiger partial charge < -0.3 is 4.90 Å². The lowest BCUT2D eigenvalue weighted by Crippen LogP contribution is -2.10. The van der Waals surface area contributed by atoms with Gasteiger partial charge in [-0.15, -0.1) is 0 Å². The fraction of sp³-hybridized carbons (Fsp3) is 0. The Morgan fingerprint density at radius 1 is 0.235 bits per heavy atom. The summed E-state index contributed by atoms with van der Waals surface area (Å²) in [6.45, 7) is 0. The molecule has 0 fully saturated rings. The van der Waals surface area contributed by atoms with Crippen LogP contribution in [-0.4, -0.2) is 0 Å². The van der Waals surface area contributed by atoms with Crippen LogP contribution in [0.25, 0.3) is 66.1 Å². The molecule has 0 aliphatic carbocycles. The molecule has 9 rings (SSSR count). The van der Waals surface area contributed by atoms with Crippen LogP contribution in [0.2, 0.25) is 0 Å². The number of hydrogen-bond acceptors (Lipinski definition) is 1. The molecular formula is C50H35N. The number of benzene rings is 9. The molecule has 0 aliphatic heterocycles. The third-order valence-electron chi connectivity index (χ3n) is 9.82. The highest BCUT2D eigenvalue weighted by Gasteiger charge is 2.16. The zero-order chi connectivity index (χ0) is 34.0. The molecule has 0 aliphatic rings. The van der Waals surface area contributed by atoms with E-state index in [4.69, 9.17) is 0 Å².